The summed E-state index contributed by atoms with van der Waals surface area (Å²) in [5.74, 6) is -1.11. The van der Waals surface area contributed by atoms with Crippen molar-refractivity contribution in [2.24, 2.45) is 0 Å². The molecule has 26 heavy (non-hydrogen) atoms. The molecule has 3 aromatic rings. The van der Waals surface area contributed by atoms with Crippen LogP contribution in [-0.2, 0) is 11.0 Å². The molecule has 136 valence electrons. The summed E-state index contributed by atoms with van der Waals surface area (Å²) >= 11 is 1.19. The van der Waals surface area contributed by atoms with Crippen LogP contribution in [0.25, 0.3) is 10.2 Å². The number of nitrogens with zero attached hydrogens (tertiary/aromatic N) is 2. The minimum Gasteiger partial charge on any atom is -0.342 e. The quantitative estimate of drug-likeness (QED) is 0.674. The average Bonchev–Trinajstić information content (AvgIpc) is 3.00. The van der Waals surface area contributed by atoms with E-state index < -0.39 is 23.5 Å². The number of para-hydroxylation sites is 2. The topological polar surface area (TPSA) is 45.2 Å². The smallest absolute Gasteiger partial charge is 0.342 e. The number of nitrogens with one attached hydrogen (secondary N) is 1. The number of carbonyl (C=O) groups is 1. The number of halogens is 4. The molecule has 2 aromatic carbocycles. The highest BCUT2D eigenvalue weighted by atomic mass is 32.1. The zero-order valence-corrected chi connectivity index (χ0v) is 14.3. The summed E-state index contributed by atoms with van der Waals surface area (Å²) in [5, 5.41) is 2.66. The van der Waals surface area contributed by atoms with Crippen LogP contribution in [0, 0.1) is 5.82 Å². The minimum absolute atomic E-state index is 0.196. The van der Waals surface area contributed by atoms with E-state index >= 15 is 0 Å². The lowest BCUT2D eigenvalue weighted by molar-refractivity contribution is -0.137. The van der Waals surface area contributed by atoms with Crippen LogP contribution in [0.3, 0.4) is 0 Å². The van der Waals surface area contributed by atoms with Crippen molar-refractivity contribution in [1.29, 1.82) is 0 Å². The van der Waals surface area contributed by atoms with E-state index in [1.807, 2.05) is 0 Å². The molecule has 1 heterocycles. The second-order valence-corrected chi connectivity index (χ2v) is 6.54. The highest BCUT2D eigenvalue weighted by Gasteiger charge is 2.33. The summed E-state index contributed by atoms with van der Waals surface area (Å²) in [5.41, 5.74) is -1.03. The maximum Gasteiger partial charge on any atom is 0.418 e. The third-order valence-corrected chi connectivity index (χ3v) is 4.71. The summed E-state index contributed by atoms with van der Waals surface area (Å²) in [7, 11) is 1.56. The van der Waals surface area contributed by atoms with Gasteiger partial charge in [-0.25, -0.2) is 9.37 Å². The number of anilines is 2. The van der Waals surface area contributed by atoms with Gasteiger partial charge in [0.15, 0.2) is 5.13 Å². The lowest BCUT2D eigenvalue weighted by Gasteiger charge is -2.17. The lowest BCUT2D eigenvalue weighted by Crippen LogP contribution is -2.30. The SMILES string of the molecule is CN(CC(=O)Nc1ccccc1C(F)(F)F)c1nc2c(F)cccc2s1. The number of carbonyl (C=O) groups excluding carboxylic acids is 1. The van der Waals surface area contributed by atoms with Crippen molar-refractivity contribution in [2.75, 3.05) is 23.8 Å². The molecule has 0 atom stereocenters. The average molecular weight is 383 g/mol. The van der Waals surface area contributed by atoms with Crippen molar-refractivity contribution in [3.05, 3.63) is 53.8 Å². The number of benzene rings is 2. The molecular formula is C17H13F4N3OS. The maximum atomic E-state index is 13.7. The van der Waals surface area contributed by atoms with E-state index in [9.17, 15) is 22.4 Å². The molecule has 1 aromatic heterocycles. The molecule has 0 saturated heterocycles. The highest BCUT2D eigenvalue weighted by Crippen LogP contribution is 2.34. The van der Waals surface area contributed by atoms with Gasteiger partial charge in [-0.1, -0.05) is 29.5 Å². The zero-order chi connectivity index (χ0) is 18.9. The predicted molar refractivity (Wildman–Crippen MR) is 92.9 cm³/mol. The van der Waals surface area contributed by atoms with Gasteiger partial charge >= 0.3 is 6.18 Å². The first kappa shape index (κ1) is 18.1. The van der Waals surface area contributed by atoms with Crippen LogP contribution in [0.4, 0.5) is 28.4 Å². The Morgan fingerprint density at radius 3 is 2.62 bits per heavy atom. The van der Waals surface area contributed by atoms with E-state index in [0.29, 0.717) is 9.83 Å². The Morgan fingerprint density at radius 2 is 1.92 bits per heavy atom. The van der Waals surface area contributed by atoms with Gasteiger partial charge in [0.2, 0.25) is 5.91 Å². The number of likely N-dealkylation sites (N-methyl/N-ethyl adjacent to an activating group) is 1. The van der Waals surface area contributed by atoms with Gasteiger partial charge in [0.25, 0.3) is 0 Å². The molecule has 9 heteroatoms. The van der Waals surface area contributed by atoms with Crippen LogP contribution in [0.1, 0.15) is 5.56 Å². The van der Waals surface area contributed by atoms with Gasteiger partial charge in [-0.05, 0) is 24.3 Å². The molecule has 0 unspecified atom stereocenters. The minimum atomic E-state index is -4.57. The Hall–Kier alpha value is -2.68. The van der Waals surface area contributed by atoms with Crippen LogP contribution < -0.4 is 10.2 Å². The zero-order valence-electron chi connectivity index (χ0n) is 13.5. The molecule has 0 fully saturated rings. The van der Waals surface area contributed by atoms with Crippen molar-refractivity contribution in [3.8, 4) is 0 Å². The summed E-state index contributed by atoms with van der Waals surface area (Å²) in [6.45, 7) is -0.229. The first-order chi connectivity index (χ1) is 12.3. The van der Waals surface area contributed by atoms with E-state index in [1.165, 1.54) is 40.5 Å². The first-order valence-corrected chi connectivity index (χ1v) is 8.29. The largest absolute Gasteiger partial charge is 0.418 e. The number of thiazole rings is 1. The van der Waals surface area contributed by atoms with Gasteiger partial charge in [0, 0.05) is 7.05 Å². The van der Waals surface area contributed by atoms with Crippen LogP contribution >= 0.6 is 11.3 Å². The Bertz CT molecular complexity index is 955. The van der Waals surface area contributed by atoms with E-state index in [0.717, 1.165) is 6.07 Å². The van der Waals surface area contributed by atoms with Crippen molar-refractivity contribution in [2.45, 2.75) is 6.18 Å². The van der Waals surface area contributed by atoms with Crippen molar-refractivity contribution in [1.82, 2.24) is 4.98 Å². The number of rotatable bonds is 4. The Kier molecular flexibility index (Phi) is 4.82. The number of alkyl halides is 3. The maximum absolute atomic E-state index is 13.7. The van der Waals surface area contributed by atoms with Gasteiger partial charge < -0.3 is 10.2 Å². The Morgan fingerprint density at radius 1 is 1.19 bits per heavy atom. The Balaban J connectivity index is 1.75. The molecule has 4 nitrogen and oxygen atoms in total. The fraction of sp³-hybridized carbons (Fsp3) is 0.176. The predicted octanol–water partition coefficient (Wildman–Crippen LogP) is 4.53. The number of aromatic nitrogens is 1. The van der Waals surface area contributed by atoms with Crippen molar-refractivity contribution in [3.63, 3.8) is 0 Å². The van der Waals surface area contributed by atoms with Crippen LogP contribution in [-0.4, -0.2) is 24.5 Å². The molecule has 1 N–H and O–H groups in total. The van der Waals surface area contributed by atoms with Crippen molar-refractivity contribution < 1.29 is 22.4 Å². The second kappa shape index (κ2) is 6.91. The van der Waals surface area contributed by atoms with E-state index in [-0.39, 0.29) is 17.7 Å². The van der Waals surface area contributed by atoms with Crippen molar-refractivity contribution >= 4 is 38.3 Å². The molecule has 0 spiro atoms. The third kappa shape index (κ3) is 3.77. The summed E-state index contributed by atoms with van der Waals surface area (Å²) in [6, 6.07) is 9.29. The van der Waals surface area contributed by atoms with Gasteiger partial charge in [0.05, 0.1) is 22.5 Å². The lowest BCUT2D eigenvalue weighted by atomic mass is 10.1. The van der Waals surface area contributed by atoms with E-state index in [2.05, 4.69) is 10.3 Å². The molecule has 0 aliphatic heterocycles. The van der Waals surface area contributed by atoms with Crippen LogP contribution in [0.2, 0.25) is 0 Å². The molecule has 0 aliphatic carbocycles. The highest BCUT2D eigenvalue weighted by molar-refractivity contribution is 7.22. The van der Waals surface area contributed by atoms with Crippen LogP contribution in [0.15, 0.2) is 42.5 Å². The van der Waals surface area contributed by atoms with Crippen LogP contribution in [0.5, 0.6) is 0 Å². The standard InChI is InChI=1S/C17H13F4N3OS/c1-24(16-23-15-11(18)6-4-8-13(15)26-16)9-14(25)22-12-7-3-2-5-10(12)17(19,20)21/h2-8H,9H2,1H3,(H,22,25). The molecule has 0 radical (unpaired) electrons. The second-order valence-electron chi connectivity index (χ2n) is 5.53. The van der Waals surface area contributed by atoms with E-state index in [1.54, 1.807) is 19.2 Å². The third-order valence-electron chi connectivity index (χ3n) is 3.57. The number of hydrogen-bond acceptors (Lipinski definition) is 4. The van der Waals surface area contributed by atoms with Gasteiger partial charge in [-0.2, -0.15) is 13.2 Å². The molecule has 0 bridgehead atoms. The monoisotopic (exact) mass is 383 g/mol. The summed E-state index contributed by atoms with van der Waals surface area (Å²) < 4.78 is 53.3. The molecular weight excluding hydrogens is 370 g/mol. The number of fused-ring (bicyclic) bond motifs is 1. The number of amides is 1. The first-order valence-electron chi connectivity index (χ1n) is 7.48. The molecule has 1 amide bonds. The molecule has 3 rings (SSSR count). The molecule has 0 saturated carbocycles. The van der Waals surface area contributed by atoms with Gasteiger partial charge in [-0.3, -0.25) is 4.79 Å². The van der Waals surface area contributed by atoms with E-state index in [4.69, 9.17) is 0 Å². The fourth-order valence-corrected chi connectivity index (χ4v) is 3.32. The fourth-order valence-electron chi connectivity index (χ4n) is 2.38. The summed E-state index contributed by atoms with van der Waals surface area (Å²) in [6.07, 6.45) is -4.57. The summed E-state index contributed by atoms with van der Waals surface area (Å²) in [4.78, 5) is 17.7. The normalized spacial score (nSPS) is 11.6. The Labute approximate surface area is 150 Å². The van der Waals surface area contributed by atoms with Gasteiger partial charge in [0.1, 0.15) is 11.3 Å². The molecule has 0 aliphatic rings. The number of hydrogen-bond donors (Lipinski definition) is 1. The van der Waals surface area contributed by atoms with Gasteiger partial charge in [-0.15, -0.1) is 0 Å².